The minimum atomic E-state index is -0.296. The van der Waals surface area contributed by atoms with Crippen LogP contribution < -0.4 is 5.73 Å². The predicted octanol–water partition coefficient (Wildman–Crippen LogP) is 2.93. The molecule has 2 N–H and O–H groups in total. The van der Waals surface area contributed by atoms with E-state index in [0.717, 1.165) is 45.2 Å². The fraction of sp³-hybridized carbons (Fsp3) is 0.938. The molecule has 19 heavy (non-hydrogen) atoms. The van der Waals surface area contributed by atoms with Crippen molar-refractivity contribution in [3.63, 3.8) is 0 Å². The molecule has 3 atom stereocenters. The second-order valence-corrected chi connectivity index (χ2v) is 7.33. The van der Waals surface area contributed by atoms with Gasteiger partial charge < -0.3 is 10.6 Å². The van der Waals surface area contributed by atoms with Crippen LogP contribution in [-0.4, -0.2) is 29.4 Å². The maximum absolute atomic E-state index is 12.8. The molecule has 2 aliphatic rings. The highest BCUT2D eigenvalue weighted by Gasteiger charge is 2.42. The largest absolute Gasteiger partial charge is 0.342 e. The molecule has 0 spiro atoms. The smallest absolute Gasteiger partial charge is 0.227 e. The van der Waals surface area contributed by atoms with Crippen molar-refractivity contribution in [3.8, 4) is 0 Å². The van der Waals surface area contributed by atoms with Crippen molar-refractivity contribution in [1.82, 2.24) is 4.90 Å². The van der Waals surface area contributed by atoms with E-state index in [1.165, 1.54) is 12.8 Å². The standard InChI is InChI=1S/C16H30N2O/c1-4-15(2)9-7-11-18(12-15)14(19)13-8-5-6-10-16(13,3)17/h13H,4-12,17H2,1-3H3. The van der Waals surface area contributed by atoms with E-state index in [2.05, 4.69) is 25.7 Å². The zero-order valence-corrected chi connectivity index (χ0v) is 12.9. The van der Waals surface area contributed by atoms with Crippen molar-refractivity contribution in [2.24, 2.45) is 17.1 Å². The first-order valence-corrected chi connectivity index (χ1v) is 7.96. The first kappa shape index (κ1) is 14.8. The Hall–Kier alpha value is -0.570. The lowest BCUT2D eigenvalue weighted by Gasteiger charge is -2.45. The number of piperidine rings is 1. The van der Waals surface area contributed by atoms with E-state index in [1.807, 2.05) is 0 Å². The molecule has 1 aliphatic heterocycles. The summed E-state index contributed by atoms with van der Waals surface area (Å²) in [6, 6.07) is 0. The molecule has 2 fully saturated rings. The Kier molecular flexibility index (Phi) is 4.24. The third-order valence-corrected chi connectivity index (χ3v) is 5.50. The number of likely N-dealkylation sites (tertiary alicyclic amines) is 1. The molecular formula is C16H30N2O. The summed E-state index contributed by atoms with van der Waals surface area (Å²) in [6.07, 6.45) is 7.84. The van der Waals surface area contributed by atoms with Crippen molar-refractivity contribution in [2.45, 2.75) is 71.3 Å². The van der Waals surface area contributed by atoms with Gasteiger partial charge >= 0.3 is 0 Å². The van der Waals surface area contributed by atoms with Gasteiger partial charge in [-0.3, -0.25) is 4.79 Å². The summed E-state index contributed by atoms with van der Waals surface area (Å²) in [5.74, 6) is 0.365. The van der Waals surface area contributed by atoms with Gasteiger partial charge in [0.25, 0.3) is 0 Å². The van der Waals surface area contributed by atoms with E-state index < -0.39 is 0 Å². The molecule has 3 nitrogen and oxygen atoms in total. The van der Waals surface area contributed by atoms with Gasteiger partial charge in [-0.05, 0) is 44.4 Å². The molecule has 0 aromatic heterocycles. The van der Waals surface area contributed by atoms with Crippen LogP contribution in [0.3, 0.4) is 0 Å². The molecule has 1 heterocycles. The molecular weight excluding hydrogens is 236 g/mol. The molecule has 3 unspecified atom stereocenters. The SMILES string of the molecule is CCC1(C)CCCN(C(=O)C2CCCCC2(C)N)C1. The van der Waals surface area contributed by atoms with Gasteiger partial charge in [-0.2, -0.15) is 0 Å². The molecule has 0 aromatic rings. The molecule has 1 saturated heterocycles. The van der Waals surface area contributed by atoms with Crippen LogP contribution in [0.15, 0.2) is 0 Å². The van der Waals surface area contributed by atoms with Crippen LogP contribution >= 0.6 is 0 Å². The van der Waals surface area contributed by atoms with Crippen molar-refractivity contribution in [3.05, 3.63) is 0 Å². The molecule has 1 amide bonds. The van der Waals surface area contributed by atoms with E-state index in [4.69, 9.17) is 5.73 Å². The lowest BCUT2D eigenvalue weighted by Crippen LogP contribution is -2.56. The Labute approximate surface area is 117 Å². The van der Waals surface area contributed by atoms with Crippen molar-refractivity contribution in [1.29, 1.82) is 0 Å². The number of nitrogens with two attached hydrogens (primary N) is 1. The normalized spacial score (nSPS) is 40.2. The van der Waals surface area contributed by atoms with Gasteiger partial charge in [0.1, 0.15) is 0 Å². The Balaban J connectivity index is 2.06. The molecule has 110 valence electrons. The van der Waals surface area contributed by atoms with Crippen molar-refractivity contribution < 1.29 is 4.79 Å². The second-order valence-electron chi connectivity index (χ2n) is 7.33. The summed E-state index contributed by atoms with van der Waals surface area (Å²) < 4.78 is 0. The summed E-state index contributed by atoms with van der Waals surface area (Å²) in [4.78, 5) is 14.9. The van der Waals surface area contributed by atoms with Crippen molar-refractivity contribution >= 4 is 5.91 Å². The lowest BCUT2D eigenvalue weighted by atomic mass is 9.73. The number of carbonyl (C=O) groups excluding carboxylic acids is 1. The van der Waals surface area contributed by atoms with Gasteiger partial charge in [-0.1, -0.05) is 26.7 Å². The molecule has 2 rings (SSSR count). The summed E-state index contributed by atoms with van der Waals surface area (Å²) in [5.41, 5.74) is 6.40. The third-order valence-electron chi connectivity index (χ3n) is 5.50. The van der Waals surface area contributed by atoms with E-state index in [0.29, 0.717) is 11.3 Å². The zero-order chi connectivity index (χ0) is 14.1. The summed E-state index contributed by atoms with van der Waals surface area (Å²) in [6.45, 7) is 8.48. The molecule has 3 heteroatoms. The minimum absolute atomic E-state index is 0.0421. The van der Waals surface area contributed by atoms with Gasteiger partial charge in [-0.15, -0.1) is 0 Å². The number of hydrogen-bond donors (Lipinski definition) is 1. The fourth-order valence-electron chi connectivity index (χ4n) is 3.78. The molecule has 0 radical (unpaired) electrons. The summed E-state index contributed by atoms with van der Waals surface area (Å²) in [7, 11) is 0. The van der Waals surface area contributed by atoms with Crippen LogP contribution in [0, 0.1) is 11.3 Å². The molecule has 0 aromatic carbocycles. The highest BCUT2D eigenvalue weighted by Crippen LogP contribution is 2.37. The Bertz CT molecular complexity index is 340. The fourth-order valence-corrected chi connectivity index (χ4v) is 3.78. The van der Waals surface area contributed by atoms with Gasteiger partial charge in [0.15, 0.2) is 0 Å². The monoisotopic (exact) mass is 266 g/mol. The molecule has 1 aliphatic carbocycles. The second kappa shape index (κ2) is 5.43. The van der Waals surface area contributed by atoms with Gasteiger partial charge in [-0.25, -0.2) is 0 Å². The number of hydrogen-bond acceptors (Lipinski definition) is 2. The summed E-state index contributed by atoms with van der Waals surface area (Å²) >= 11 is 0. The molecule has 1 saturated carbocycles. The van der Waals surface area contributed by atoms with Gasteiger partial charge in [0.2, 0.25) is 5.91 Å². The third kappa shape index (κ3) is 3.13. The number of carbonyl (C=O) groups is 1. The number of nitrogens with zero attached hydrogens (tertiary/aromatic N) is 1. The van der Waals surface area contributed by atoms with Gasteiger partial charge in [0, 0.05) is 18.6 Å². The van der Waals surface area contributed by atoms with Crippen LogP contribution in [0.1, 0.15) is 65.7 Å². The van der Waals surface area contributed by atoms with Gasteiger partial charge in [0.05, 0.1) is 5.92 Å². The predicted molar refractivity (Wildman–Crippen MR) is 78.8 cm³/mol. The zero-order valence-electron chi connectivity index (χ0n) is 12.9. The highest BCUT2D eigenvalue weighted by atomic mass is 16.2. The van der Waals surface area contributed by atoms with Crippen LogP contribution in [0.5, 0.6) is 0 Å². The minimum Gasteiger partial charge on any atom is -0.342 e. The maximum Gasteiger partial charge on any atom is 0.227 e. The van der Waals surface area contributed by atoms with Crippen LogP contribution in [0.25, 0.3) is 0 Å². The van der Waals surface area contributed by atoms with Crippen molar-refractivity contribution in [2.75, 3.05) is 13.1 Å². The molecule has 0 bridgehead atoms. The lowest BCUT2D eigenvalue weighted by molar-refractivity contribution is -0.142. The van der Waals surface area contributed by atoms with E-state index in [9.17, 15) is 4.79 Å². The number of amides is 1. The van der Waals surface area contributed by atoms with Crippen LogP contribution in [0.4, 0.5) is 0 Å². The number of rotatable bonds is 2. The average Bonchev–Trinajstić information content (AvgIpc) is 2.37. The topological polar surface area (TPSA) is 46.3 Å². The summed E-state index contributed by atoms with van der Waals surface area (Å²) in [5, 5.41) is 0. The Morgan fingerprint density at radius 2 is 2.00 bits per heavy atom. The quantitative estimate of drug-likeness (QED) is 0.835. The van der Waals surface area contributed by atoms with E-state index in [1.54, 1.807) is 0 Å². The average molecular weight is 266 g/mol. The highest BCUT2D eigenvalue weighted by molar-refractivity contribution is 5.80. The maximum atomic E-state index is 12.8. The van der Waals surface area contributed by atoms with E-state index in [-0.39, 0.29) is 11.5 Å². The Morgan fingerprint density at radius 3 is 2.63 bits per heavy atom. The van der Waals surface area contributed by atoms with E-state index >= 15 is 0 Å². The Morgan fingerprint density at radius 1 is 1.26 bits per heavy atom. The first-order valence-electron chi connectivity index (χ1n) is 7.96. The van der Waals surface area contributed by atoms with Crippen LogP contribution in [0.2, 0.25) is 0 Å². The van der Waals surface area contributed by atoms with Crippen LogP contribution in [-0.2, 0) is 4.79 Å². The first-order chi connectivity index (χ1) is 8.88.